The van der Waals surface area contributed by atoms with Crippen molar-refractivity contribution in [3.63, 3.8) is 0 Å². The molecule has 1 aliphatic rings. The van der Waals surface area contributed by atoms with Gasteiger partial charge in [0.1, 0.15) is 5.76 Å². The first-order valence-electron chi connectivity index (χ1n) is 12.1. The molecule has 1 aromatic heterocycles. The smallest absolute Gasteiger partial charge is 0.176 e. The average molecular weight is 482 g/mol. The number of hydrogen-bond donors (Lipinski definition) is 1. The quantitative estimate of drug-likeness (QED) is 0.406. The molecule has 6 nitrogen and oxygen atoms in total. The number of para-hydroxylation sites is 1. The normalized spacial score (nSPS) is 15.3. The maximum Gasteiger partial charge on any atom is 0.176 e. The maximum absolute atomic E-state index is 6.28. The molecule has 0 unspecified atom stereocenters. The van der Waals surface area contributed by atoms with E-state index in [4.69, 9.17) is 26.1 Å². The molecule has 4 rings (SSSR count). The third-order valence-electron chi connectivity index (χ3n) is 6.45. The topological polar surface area (TPSA) is 50.1 Å². The lowest BCUT2D eigenvalue weighted by molar-refractivity contribution is 0.0365. The number of benzene rings is 2. The Morgan fingerprint density at radius 1 is 1.18 bits per heavy atom. The standard InChI is InChI=1S/C27H35N3O3S/c1-4-21-8-5-10-23(18-21)28-27(34)30(13-7-12-29-14-16-32-17-15-29)20(2)25-19-22-9-6-11-24(31-3)26(22)33-25/h5-6,8-11,18-20H,4,7,12-17H2,1-3H3,(H,28,34)/t20-/m1/s1. The van der Waals surface area contributed by atoms with E-state index >= 15 is 0 Å². The number of thiocarbonyl (C=S) groups is 1. The minimum atomic E-state index is -0.0313. The van der Waals surface area contributed by atoms with Crippen LogP contribution in [0.2, 0.25) is 0 Å². The number of ether oxygens (including phenoxy) is 2. The van der Waals surface area contributed by atoms with E-state index in [-0.39, 0.29) is 6.04 Å². The summed E-state index contributed by atoms with van der Waals surface area (Å²) < 4.78 is 17.3. The van der Waals surface area contributed by atoms with Crippen molar-refractivity contribution in [1.29, 1.82) is 0 Å². The van der Waals surface area contributed by atoms with Gasteiger partial charge in [0.05, 0.1) is 26.4 Å². The molecule has 3 aromatic rings. The van der Waals surface area contributed by atoms with Crippen molar-refractivity contribution in [2.45, 2.75) is 32.7 Å². The van der Waals surface area contributed by atoms with Crippen molar-refractivity contribution in [2.24, 2.45) is 0 Å². The zero-order valence-corrected chi connectivity index (χ0v) is 21.2. The molecule has 0 bridgehead atoms. The molecule has 1 saturated heterocycles. The minimum absolute atomic E-state index is 0.0313. The molecule has 0 radical (unpaired) electrons. The monoisotopic (exact) mass is 481 g/mol. The Balaban J connectivity index is 1.53. The van der Waals surface area contributed by atoms with Crippen LogP contribution in [0.25, 0.3) is 11.0 Å². The van der Waals surface area contributed by atoms with Crippen molar-refractivity contribution in [3.8, 4) is 5.75 Å². The SMILES string of the molecule is CCc1cccc(NC(=S)N(CCCN2CCOCC2)[C@H](C)c2cc3cccc(OC)c3o2)c1. The second-order valence-electron chi connectivity index (χ2n) is 8.69. The van der Waals surface area contributed by atoms with Gasteiger partial charge in [-0.2, -0.15) is 0 Å². The van der Waals surface area contributed by atoms with Gasteiger partial charge in [-0.15, -0.1) is 0 Å². The highest BCUT2D eigenvalue weighted by Gasteiger charge is 2.23. The fourth-order valence-corrected chi connectivity index (χ4v) is 4.77. The first-order valence-corrected chi connectivity index (χ1v) is 12.5. The number of aryl methyl sites for hydroxylation is 1. The number of nitrogens with one attached hydrogen (secondary N) is 1. The van der Waals surface area contributed by atoms with Crippen LogP contribution in [-0.2, 0) is 11.2 Å². The highest BCUT2D eigenvalue weighted by molar-refractivity contribution is 7.80. The number of anilines is 1. The average Bonchev–Trinajstić information content (AvgIpc) is 3.31. The lowest BCUT2D eigenvalue weighted by Crippen LogP contribution is -2.41. The molecule has 0 amide bonds. The van der Waals surface area contributed by atoms with Gasteiger partial charge in [0.15, 0.2) is 16.4 Å². The highest BCUT2D eigenvalue weighted by Crippen LogP contribution is 2.33. The zero-order chi connectivity index (χ0) is 23.9. The lowest BCUT2D eigenvalue weighted by Gasteiger charge is -2.32. The molecule has 2 heterocycles. The van der Waals surface area contributed by atoms with E-state index in [1.54, 1.807) is 7.11 Å². The summed E-state index contributed by atoms with van der Waals surface area (Å²) in [7, 11) is 1.67. The van der Waals surface area contributed by atoms with Gasteiger partial charge in [0.25, 0.3) is 0 Å². The summed E-state index contributed by atoms with van der Waals surface area (Å²) in [6.07, 6.45) is 1.99. The molecule has 7 heteroatoms. The largest absolute Gasteiger partial charge is 0.493 e. The lowest BCUT2D eigenvalue weighted by atomic mass is 10.1. The van der Waals surface area contributed by atoms with Gasteiger partial charge in [-0.3, -0.25) is 4.90 Å². The first-order chi connectivity index (χ1) is 16.6. The molecule has 0 saturated carbocycles. The molecule has 1 atom stereocenters. The third-order valence-corrected chi connectivity index (χ3v) is 6.79. The fourth-order valence-electron chi connectivity index (χ4n) is 4.40. The molecule has 1 fully saturated rings. The first kappa shape index (κ1) is 24.5. The van der Waals surface area contributed by atoms with E-state index in [1.165, 1.54) is 5.56 Å². The second kappa shape index (κ2) is 11.7. The van der Waals surface area contributed by atoms with Crippen LogP contribution in [0.5, 0.6) is 5.75 Å². The molecule has 34 heavy (non-hydrogen) atoms. The van der Waals surface area contributed by atoms with E-state index < -0.39 is 0 Å². The Hall–Kier alpha value is -2.61. The summed E-state index contributed by atoms with van der Waals surface area (Å²) in [6.45, 7) is 9.77. The van der Waals surface area contributed by atoms with E-state index in [9.17, 15) is 0 Å². The Labute approximate surface area is 207 Å². The molecular formula is C27H35N3O3S. The van der Waals surface area contributed by atoms with Gasteiger partial charge in [-0.05, 0) is 61.8 Å². The zero-order valence-electron chi connectivity index (χ0n) is 20.4. The predicted octanol–water partition coefficient (Wildman–Crippen LogP) is 5.49. The van der Waals surface area contributed by atoms with Crippen LogP contribution in [0, 0.1) is 0 Å². The maximum atomic E-state index is 6.28. The van der Waals surface area contributed by atoms with Crippen molar-refractivity contribution in [2.75, 3.05) is 51.8 Å². The number of hydrogen-bond acceptors (Lipinski definition) is 5. The van der Waals surface area contributed by atoms with Crippen LogP contribution >= 0.6 is 12.2 Å². The highest BCUT2D eigenvalue weighted by atomic mass is 32.1. The van der Waals surface area contributed by atoms with Crippen LogP contribution in [0.1, 0.15) is 37.6 Å². The number of furan rings is 1. The van der Waals surface area contributed by atoms with Crippen LogP contribution in [0.3, 0.4) is 0 Å². The molecule has 2 aromatic carbocycles. The Morgan fingerprint density at radius 3 is 2.74 bits per heavy atom. The van der Waals surface area contributed by atoms with Gasteiger partial charge in [0, 0.05) is 37.3 Å². The summed E-state index contributed by atoms with van der Waals surface area (Å²) >= 11 is 5.93. The predicted molar refractivity (Wildman–Crippen MR) is 142 cm³/mol. The van der Waals surface area contributed by atoms with Gasteiger partial charge >= 0.3 is 0 Å². The fraction of sp³-hybridized carbons (Fsp3) is 0.444. The summed E-state index contributed by atoms with van der Waals surface area (Å²) in [5, 5.41) is 5.20. The van der Waals surface area contributed by atoms with E-state index in [2.05, 4.69) is 59.3 Å². The Kier molecular flexibility index (Phi) is 8.43. The van der Waals surface area contributed by atoms with Gasteiger partial charge in [-0.1, -0.05) is 31.2 Å². The van der Waals surface area contributed by atoms with Crippen LogP contribution < -0.4 is 10.1 Å². The van der Waals surface area contributed by atoms with Crippen molar-refractivity contribution < 1.29 is 13.9 Å². The Bertz CT molecular complexity index is 1090. The molecule has 0 spiro atoms. The number of nitrogens with zero attached hydrogens (tertiary/aromatic N) is 2. The molecule has 1 aliphatic heterocycles. The summed E-state index contributed by atoms with van der Waals surface area (Å²) in [4.78, 5) is 4.69. The van der Waals surface area contributed by atoms with E-state index in [0.717, 1.165) is 80.4 Å². The van der Waals surface area contributed by atoms with E-state index in [0.29, 0.717) is 5.11 Å². The number of rotatable bonds is 9. The Morgan fingerprint density at radius 2 is 1.97 bits per heavy atom. The molecule has 0 aliphatic carbocycles. The number of methoxy groups -OCH3 is 1. The van der Waals surface area contributed by atoms with Crippen LogP contribution in [0.15, 0.2) is 52.9 Å². The summed E-state index contributed by atoms with van der Waals surface area (Å²) in [5.41, 5.74) is 3.07. The van der Waals surface area contributed by atoms with Gasteiger partial charge in [-0.25, -0.2) is 0 Å². The van der Waals surface area contributed by atoms with Crippen molar-refractivity contribution in [3.05, 3.63) is 59.9 Å². The van der Waals surface area contributed by atoms with Crippen LogP contribution in [-0.4, -0.2) is 61.4 Å². The summed E-state index contributed by atoms with van der Waals surface area (Å²) in [5.74, 6) is 1.62. The number of fused-ring (bicyclic) bond motifs is 1. The molecular weight excluding hydrogens is 446 g/mol. The van der Waals surface area contributed by atoms with E-state index in [1.807, 2.05) is 18.2 Å². The van der Waals surface area contributed by atoms with Crippen LogP contribution in [0.4, 0.5) is 5.69 Å². The van der Waals surface area contributed by atoms with Crippen molar-refractivity contribution >= 4 is 34.0 Å². The third kappa shape index (κ3) is 5.90. The van der Waals surface area contributed by atoms with Gasteiger partial charge in [0.2, 0.25) is 0 Å². The molecule has 182 valence electrons. The van der Waals surface area contributed by atoms with Crippen molar-refractivity contribution in [1.82, 2.24) is 9.80 Å². The summed E-state index contributed by atoms with van der Waals surface area (Å²) in [6, 6.07) is 16.5. The second-order valence-corrected chi connectivity index (χ2v) is 9.08. The number of morpholine rings is 1. The molecule has 1 N–H and O–H groups in total. The minimum Gasteiger partial charge on any atom is -0.493 e. The van der Waals surface area contributed by atoms with Gasteiger partial charge < -0.3 is 24.1 Å².